The van der Waals surface area contributed by atoms with Gasteiger partial charge in [0, 0.05) is 17.9 Å². The van der Waals surface area contributed by atoms with E-state index in [1.54, 1.807) is 13.0 Å². The van der Waals surface area contributed by atoms with Crippen molar-refractivity contribution in [2.45, 2.75) is 25.0 Å². The molecule has 1 aromatic rings. The van der Waals surface area contributed by atoms with E-state index in [0.29, 0.717) is 10.9 Å². The minimum absolute atomic E-state index is 0.0748. The third-order valence-corrected chi connectivity index (χ3v) is 4.19. The lowest BCUT2D eigenvalue weighted by Crippen LogP contribution is -2.14. The van der Waals surface area contributed by atoms with Crippen LogP contribution in [0.5, 0.6) is 0 Å². The van der Waals surface area contributed by atoms with E-state index in [9.17, 15) is 10.1 Å². The molecule has 1 N–H and O–H groups in total. The largest absolute Gasteiger partial charge is 0.369 e. The maximum absolute atomic E-state index is 10.6. The van der Waals surface area contributed by atoms with Crippen LogP contribution < -0.4 is 5.32 Å². The van der Waals surface area contributed by atoms with Crippen LogP contribution in [0.4, 0.5) is 11.5 Å². The lowest BCUT2D eigenvalue weighted by Gasteiger charge is -2.10. The van der Waals surface area contributed by atoms with E-state index in [1.165, 1.54) is 24.7 Å². The van der Waals surface area contributed by atoms with Crippen LogP contribution in [-0.4, -0.2) is 27.5 Å². The maximum Gasteiger partial charge on any atom is 0.290 e. The Morgan fingerprint density at radius 2 is 2.47 bits per heavy atom. The Morgan fingerprint density at radius 3 is 3.06 bits per heavy atom. The van der Waals surface area contributed by atoms with Crippen molar-refractivity contribution in [3.63, 3.8) is 0 Å². The van der Waals surface area contributed by atoms with Crippen LogP contribution in [0.15, 0.2) is 12.1 Å². The van der Waals surface area contributed by atoms with E-state index in [2.05, 4.69) is 10.3 Å². The van der Waals surface area contributed by atoms with Crippen molar-refractivity contribution in [1.29, 1.82) is 0 Å². The zero-order valence-corrected chi connectivity index (χ0v) is 10.5. The smallest absolute Gasteiger partial charge is 0.290 e. The molecule has 0 spiro atoms. The Kier molecular flexibility index (Phi) is 3.83. The number of aromatic nitrogens is 1. The molecule has 1 aromatic heterocycles. The summed E-state index contributed by atoms with van der Waals surface area (Å²) in [6.07, 6.45) is 2.52. The molecule has 0 aliphatic carbocycles. The second-order valence-electron chi connectivity index (χ2n) is 4.07. The number of rotatable bonds is 4. The van der Waals surface area contributed by atoms with Gasteiger partial charge in [-0.15, -0.1) is 0 Å². The van der Waals surface area contributed by atoms with Gasteiger partial charge in [-0.3, -0.25) is 10.1 Å². The topological polar surface area (TPSA) is 68.1 Å². The van der Waals surface area contributed by atoms with Crippen molar-refractivity contribution < 1.29 is 4.92 Å². The summed E-state index contributed by atoms with van der Waals surface area (Å²) in [5.74, 6) is 1.96. The Morgan fingerprint density at radius 1 is 1.65 bits per heavy atom. The molecule has 92 valence electrons. The highest BCUT2D eigenvalue weighted by Gasteiger charge is 2.16. The van der Waals surface area contributed by atoms with Gasteiger partial charge in [0.2, 0.25) is 0 Å². The zero-order valence-electron chi connectivity index (χ0n) is 9.68. The molecule has 17 heavy (non-hydrogen) atoms. The van der Waals surface area contributed by atoms with E-state index in [-0.39, 0.29) is 5.69 Å². The minimum atomic E-state index is -0.404. The highest BCUT2D eigenvalue weighted by Crippen LogP contribution is 2.26. The van der Waals surface area contributed by atoms with Gasteiger partial charge in [-0.25, -0.2) is 4.98 Å². The number of anilines is 1. The molecule has 0 amide bonds. The summed E-state index contributed by atoms with van der Waals surface area (Å²) in [6, 6.07) is 3.18. The molecule has 0 saturated carbocycles. The Balaban J connectivity index is 1.97. The van der Waals surface area contributed by atoms with Crippen molar-refractivity contribution in [3.8, 4) is 0 Å². The van der Waals surface area contributed by atoms with Crippen molar-refractivity contribution in [1.82, 2.24) is 4.98 Å². The fraction of sp³-hybridized carbons (Fsp3) is 0.545. The van der Waals surface area contributed by atoms with Crippen molar-refractivity contribution in [2.24, 2.45) is 0 Å². The predicted molar refractivity (Wildman–Crippen MR) is 69.6 cm³/mol. The van der Waals surface area contributed by atoms with Gasteiger partial charge in [-0.05, 0) is 31.6 Å². The second-order valence-corrected chi connectivity index (χ2v) is 5.48. The summed E-state index contributed by atoms with van der Waals surface area (Å²) < 4.78 is 0. The van der Waals surface area contributed by atoms with E-state index < -0.39 is 4.92 Å². The lowest BCUT2D eigenvalue weighted by molar-refractivity contribution is -0.385. The number of pyridine rings is 1. The van der Waals surface area contributed by atoms with Gasteiger partial charge in [0.1, 0.15) is 11.5 Å². The number of nitrogens with one attached hydrogen (secondary N) is 1. The Hall–Kier alpha value is -1.30. The summed E-state index contributed by atoms with van der Waals surface area (Å²) in [7, 11) is 0. The molecule has 5 nitrogen and oxygen atoms in total. The lowest BCUT2D eigenvalue weighted by atomic mass is 10.2. The molecule has 1 aliphatic heterocycles. The zero-order chi connectivity index (χ0) is 12.3. The SMILES string of the molecule is Cc1nc(NCC2CCCS2)ccc1[N+](=O)[O-]. The Labute approximate surface area is 104 Å². The summed E-state index contributed by atoms with van der Waals surface area (Å²) in [5, 5.41) is 14.5. The van der Waals surface area contributed by atoms with Crippen LogP contribution in [0.25, 0.3) is 0 Å². The third-order valence-electron chi connectivity index (χ3n) is 2.79. The van der Waals surface area contributed by atoms with Crippen molar-refractivity contribution in [3.05, 3.63) is 27.9 Å². The van der Waals surface area contributed by atoms with Crippen LogP contribution in [-0.2, 0) is 0 Å². The first-order valence-electron chi connectivity index (χ1n) is 5.64. The van der Waals surface area contributed by atoms with Gasteiger partial charge in [-0.1, -0.05) is 0 Å². The first-order chi connectivity index (χ1) is 8.16. The molecule has 1 aliphatic rings. The molecular weight excluding hydrogens is 238 g/mol. The molecule has 6 heteroatoms. The van der Waals surface area contributed by atoms with Gasteiger partial charge in [0.25, 0.3) is 5.69 Å². The van der Waals surface area contributed by atoms with Crippen molar-refractivity contribution in [2.75, 3.05) is 17.6 Å². The van der Waals surface area contributed by atoms with Gasteiger partial charge in [0.05, 0.1) is 4.92 Å². The normalized spacial score (nSPS) is 19.2. The highest BCUT2D eigenvalue weighted by atomic mass is 32.2. The number of hydrogen-bond donors (Lipinski definition) is 1. The van der Waals surface area contributed by atoms with Crippen LogP contribution in [0.1, 0.15) is 18.5 Å². The monoisotopic (exact) mass is 253 g/mol. The van der Waals surface area contributed by atoms with Gasteiger partial charge in [0.15, 0.2) is 0 Å². The van der Waals surface area contributed by atoms with E-state index >= 15 is 0 Å². The number of aryl methyl sites for hydroxylation is 1. The molecule has 1 unspecified atom stereocenters. The summed E-state index contributed by atoms with van der Waals surface area (Å²) in [6.45, 7) is 2.54. The number of nitro groups is 1. The molecule has 1 fully saturated rings. The Bertz CT molecular complexity index is 419. The number of thioether (sulfide) groups is 1. The summed E-state index contributed by atoms with van der Waals surface area (Å²) in [4.78, 5) is 14.4. The highest BCUT2D eigenvalue weighted by molar-refractivity contribution is 8.00. The van der Waals surface area contributed by atoms with Crippen LogP contribution >= 0.6 is 11.8 Å². The summed E-state index contributed by atoms with van der Waals surface area (Å²) in [5.41, 5.74) is 0.532. The first-order valence-corrected chi connectivity index (χ1v) is 6.69. The molecule has 1 saturated heterocycles. The molecular formula is C11H15N3O2S. The summed E-state index contributed by atoms with van der Waals surface area (Å²) >= 11 is 1.98. The van der Waals surface area contributed by atoms with Crippen molar-refractivity contribution >= 4 is 23.3 Å². The first kappa shape index (κ1) is 12.2. The fourth-order valence-corrected chi connectivity index (χ4v) is 3.07. The number of nitrogens with zero attached hydrogens (tertiary/aromatic N) is 2. The average Bonchev–Trinajstić information content (AvgIpc) is 2.78. The predicted octanol–water partition coefficient (Wildman–Crippen LogP) is 2.61. The van der Waals surface area contributed by atoms with E-state index in [0.717, 1.165) is 12.4 Å². The molecule has 0 aromatic carbocycles. The maximum atomic E-state index is 10.6. The third kappa shape index (κ3) is 3.09. The number of hydrogen-bond acceptors (Lipinski definition) is 5. The van der Waals surface area contributed by atoms with E-state index in [4.69, 9.17) is 0 Å². The second kappa shape index (κ2) is 5.35. The molecule has 0 bridgehead atoms. The van der Waals surface area contributed by atoms with E-state index in [1.807, 2.05) is 11.8 Å². The molecule has 2 rings (SSSR count). The van der Waals surface area contributed by atoms with Crippen LogP contribution in [0.2, 0.25) is 0 Å². The van der Waals surface area contributed by atoms with Crippen LogP contribution in [0, 0.1) is 17.0 Å². The van der Waals surface area contributed by atoms with Gasteiger partial charge >= 0.3 is 0 Å². The minimum Gasteiger partial charge on any atom is -0.369 e. The molecule has 0 radical (unpaired) electrons. The molecule has 1 atom stereocenters. The fourth-order valence-electron chi connectivity index (χ4n) is 1.87. The average molecular weight is 253 g/mol. The van der Waals surface area contributed by atoms with Gasteiger partial charge < -0.3 is 5.32 Å². The van der Waals surface area contributed by atoms with Gasteiger partial charge in [-0.2, -0.15) is 11.8 Å². The standard InChI is InChI=1S/C11H15N3O2S/c1-8-10(14(15)16)4-5-11(13-8)12-7-9-3-2-6-17-9/h4-5,9H,2-3,6-7H2,1H3,(H,12,13). The van der Waals surface area contributed by atoms with Crippen LogP contribution in [0.3, 0.4) is 0 Å². The quantitative estimate of drug-likeness (QED) is 0.660. The molecule has 2 heterocycles.